The first-order valence-corrected chi connectivity index (χ1v) is 10.9. The van der Waals surface area contributed by atoms with Crippen LogP contribution in [0.5, 0.6) is 0 Å². The molecule has 0 spiro atoms. The topological polar surface area (TPSA) is 59.0 Å². The van der Waals surface area contributed by atoms with Crippen LogP contribution in [-0.2, 0) is 6.18 Å². The Bertz CT molecular complexity index is 1230. The Labute approximate surface area is 202 Å². The molecule has 0 unspecified atom stereocenters. The number of carbonyl (C=O) groups is 1. The van der Waals surface area contributed by atoms with Gasteiger partial charge in [-0.15, -0.1) is 0 Å². The predicted molar refractivity (Wildman–Crippen MR) is 117 cm³/mol. The number of hydrogen-bond donors (Lipinski definition) is 2. The van der Waals surface area contributed by atoms with Crippen LogP contribution >= 0.6 is 27.5 Å². The van der Waals surface area contributed by atoms with E-state index < -0.39 is 41.6 Å². The van der Waals surface area contributed by atoms with Gasteiger partial charge in [-0.05, 0) is 39.7 Å². The third kappa shape index (κ3) is 4.74. The first-order valence-electron chi connectivity index (χ1n) is 9.70. The number of hydrogen-bond acceptors (Lipinski definition) is 3. The van der Waals surface area contributed by atoms with Gasteiger partial charge >= 0.3 is 12.4 Å². The number of alkyl halides is 6. The Balaban J connectivity index is 1.70. The number of amides is 1. The minimum absolute atomic E-state index is 0.0667. The molecule has 2 aromatic carbocycles. The van der Waals surface area contributed by atoms with Crippen molar-refractivity contribution in [2.45, 2.75) is 30.9 Å². The fourth-order valence-electron chi connectivity index (χ4n) is 3.62. The largest absolute Gasteiger partial charge is 0.416 e. The van der Waals surface area contributed by atoms with Gasteiger partial charge in [0.15, 0.2) is 11.7 Å². The Morgan fingerprint density at radius 2 is 1.79 bits per heavy atom. The molecule has 1 amide bonds. The van der Waals surface area contributed by atoms with E-state index in [1.54, 1.807) is 30.3 Å². The standard InChI is InChI=1S/C21H14BrClF6N4O/c22-16-17(19(34)31-14-8-11(20(24,25)26)6-7-12(14)23)32-33-15(21(27,28)29)9-13(30-18(16)33)10-4-2-1-3-5-10/h1-8,13,15,30H,9H2,(H,31,34)/t13-,15+/m0/s1. The first-order chi connectivity index (χ1) is 15.9. The summed E-state index contributed by atoms with van der Waals surface area (Å²) in [6.07, 6.45) is -9.74. The highest BCUT2D eigenvalue weighted by Crippen LogP contribution is 2.46. The molecule has 1 aliphatic heterocycles. The van der Waals surface area contributed by atoms with Crippen LogP contribution in [0.15, 0.2) is 53.0 Å². The zero-order valence-corrected chi connectivity index (χ0v) is 19.1. The summed E-state index contributed by atoms with van der Waals surface area (Å²) in [6.45, 7) is 0. The molecule has 1 aliphatic rings. The Kier molecular flexibility index (Phi) is 6.32. The highest BCUT2D eigenvalue weighted by molar-refractivity contribution is 9.10. The molecule has 2 atom stereocenters. The van der Waals surface area contributed by atoms with E-state index in [4.69, 9.17) is 11.6 Å². The minimum Gasteiger partial charge on any atom is -0.362 e. The van der Waals surface area contributed by atoms with Crippen LogP contribution in [0.25, 0.3) is 0 Å². The van der Waals surface area contributed by atoms with Crippen LogP contribution in [0.3, 0.4) is 0 Å². The monoisotopic (exact) mass is 566 g/mol. The van der Waals surface area contributed by atoms with Crippen molar-refractivity contribution in [1.29, 1.82) is 0 Å². The van der Waals surface area contributed by atoms with E-state index in [-0.39, 0.29) is 27.4 Å². The Morgan fingerprint density at radius 1 is 1.12 bits per heavy atom. The highest BCUT2D eigenvalue weighted by atomic mass is 79.9. The zero-order valence-electron chi connectivity index (χ0n) is 16.8. The van der Waals surface area contributed by atoms with Crippen LogP contribution in [0.1, 0.15) is 40.1 Å². The van der Waals surface area contributed by atoms with E-state index in [1.807, 2.05) is 0 Å². The summed E-state index contributed by atoms with van der Waals surface area (Å²) in [4.78, 5) is 12.8. The van der Waals surface area contributed by atoms with Crippen molar-refractivity contribution in [3.8, 4) is 0 Å². The van der Waals surface area contributed by atoms with Crippen molar-refractivity contribution in [3.63, 3.8) is 0 Å². The summed E-state index contributed by atoms with van der Waals surface area (Å²) >= 11 is 9.03. The van der Waals surface area contributed by atoms with Crippen molar-refractivity contribution >= 4 is 44.9 Å². The van der Waals surface area contributed by atoms with Crippen molar-refractivity contribution in [1.82, 2.24) is 9.78 Å². The number of aromatic nitrogens is 2. The van der Waals surface area contributed by atoms with E-state index in [1.165, 1.54) is 0 Å². The quantitative estimate of drug-likeness (QED) is 0.328. The fourth-order valence-corrected chi connectivity index (χ4v) is 4.34. The van der Waals surface area contributed by atoms with Gasteiger partial charge in [0.25, 0.3) is 5.91 Å². The van der Waals surface area contributed by atoms with Gasteiger partial charge in [-0.2, -0.15) is 31.4 Å². The number of nitrogens with zero attached hydrogens (tertiary/aromatic N) is 2. The van der Waals surface area contributed by atoms with E-state index in [2.05, 4.69) is 31.7 Å². The van der Waals surface area contributed by atoms with Crippen molar-refractivity contribution < 1.29 is 31.1 Å². The maximum absolute atomic E-state index is 13.9. The number of carbonyl (C=O) groups excluding carboxylic acids is 1. The lowest BCUT2D eigenvalue weighted by atomic mass is 9.97. The van der Waals surface area contributed by atoms with Crippen LogP contribution in [0.4, 0.5) is 37.8 Å². The van der Waals surface area contributed by atoms with E-state index >= 15 is 0 Å². The summed E-state index contributed by atoms with van der Waals surface area (Å²) in [6, 6.07) is 8.04. The average molecular weight is 568 g/mol. The van der Waals surface area contributed by atoms with Crippen LogP contribution in [-0.4, -0.2) is 21.9 Å². The highest BCUT2D eigenvalue weighted by Gasteiger charge is 2.47. The third-order valence-electron chi connectivity index (χ3n) is 5.25. The molecule has 34 heavy (non-hydrogen) atoms. The lowest BCUT2D eigenvalue weighted by Gasteiger charge is -2.33. The summed E-state index contributed by atoms with van der Waals surface area (Å²) in [5.41, 5.74) is -1.25. The van der Waals surface area contributed by atoms with Gasteiger partial charge in [0.05, 0.1) is 26.8 Å². The molecule has 0 aliphatic carbocycles. The lowest BCUT2D eigenvalue weighted by molar-refractivity contribution is -0.173. The summed E-state index contributed by atoms with van der Waals surface area (Å²) < 4.78 is 81.3. The molecule has 180 valence electrons. The summed E-state index contributed by atoms with van der Waals surface area (Å²) in [5, 5.41) is 8.81. The molecule has 2 heterocycles. The molecular formula is C21H14BrClF6N4O. The molecule has 13 heteroatoms. The first kappa shape index (κ1) is 24.4. The van der Waals surface area contributed by atoms with Crippen LogP contribution in [0.2, 0.25) is 5.02 Å². The van der Waals surface area contributed by atoms with Crippen molar-refractivity contribution in [3.05, 3.63) is 74.8 Å². The minimum atomic E-state index is -4.69. The second kappa shape index (κ2) is 8.81. The number of halogens is 8. The number of rotatable bonds is 3. The van der Waals surface area contributed by atoms with Gasteiger partial charge < -0.3 is 10.6 Å². The molecule has 2 N–H and O–H groups in total. The molecular weight excluding hydrogens is 554 g/mol. The summed E-state index contributed by atoms with van der Waals surface area (Å²) in [5.74, 6) is -1.11. The number of benzene rings is 2. The molecule has 4 rings (SSSR count). The maximum atomic E-state index is 13.9. The molecule has 0 saturated heterocycles. The van der Waals surface area contributed by atoms with Crippen LogP contribution in [0, 0.1) is 0 Å². The second-order valence-corrected chi connectivity index (χ2v) is 8.70. The number of anilines is 2. The van der Waals surface area contributed by atoms with Gasteiger partial charge in [-0.3, -0.25) is 4.79 Å². The second-order valence-electron chi connectivity index (χ2n) is 7.50. The Morgan fingerprint density at radius 3 is 2.41 bits per heavy atom. The van der Waals surface area contributed by atoms with Gasteiger partial charge in [-0.25, -0.2) is 4.68 Å². The summed E-state index contributed by atoms with van der Waals surface area (Å²) in [7, 11) is 0. The van der Waals surface area contributed by atoms with E-state index in [0.29, 0.717) is 16.3 Å². The van der Waals surface area contributed by atoms with Crippen LogP contribution < -0.4 is 10.6 Å². The normalized spacial score (nSPS) is 18.2. The molecule has 0 fully saturated rings. The van der Waals surface area contributed by atoms with Crippen molar-refractivity contribution in [2.24, 2.45) is 0 Å². The number of fused-ring (bicyclic) bond motifs is 1. The molecule has 0 bridgehead atoms. The smallest absolute Gasteiger partial charge is 0.362 e. The fraction of sp³-hybridized carbons (Fsp3) is 0.238. The van der Waals surface area contributed by atoms with Crippen molar-refractivity contribution in [2.75, 3.05) is 10.6 Å². The predicted octanol–water partition coefficient (Wildman–Crippen LogP) is 7.23. The van der Waals surface area contributed by atoms with E-state index in [0.717, 1.165) is 12.1 Å². The number of nitrogens with one attached hydrogen (secondary N) is 2. The van der Waals surface area contributed by atoms with Gasteiger partial charge in [-0.1, -0.05) is 41.9 Å². The molecule has 5 nitrogen and oxygen atoms in total. The maximum Gasteiger partial charge on any atom is 0.416 e. The zero-order chi connectivity index (χ0) is 24.8. The van der Waals surface area contributed by atoms with Gasteiger partial charge in [0.1, 0.15) is 5.82 Å². The molecule has 3 aromatic rings. The SMILES string of the molecule is O=C(Nc1cc(C(F)(F)F)ccc1Cl)c1nn2c(c1Br)N[C@H](c1ccccc1)C[C@@H]2C(F)(F)F. The van der Waals surface area contributed by atoms with Gasteiger partial charge in [0, 0.05) is 6.42 Å². The molecule has 1 aromatic heterocycles. The lowest BCUT2D eigenvalue weighted by Crippen LogP contribution is -2.35. The molecule has 0 saturated carbocycles. The molecule has 0 radical (unpaired) electrons. The van der Waals surface area contributed by atoms with Gasteiger partial charge in [0.2, 0.25) is 0 Å². The Hall–Kier alpha value is -2.73. The third-order valence-corrected chi connectivity index (χ3v) is 6.34. The average Bonchev–Trinajstić information content (AvgIpc) is 3.10. The van der Waals surface area contributed by atoms with E-state index in [9.17, 15) is 31.1 Å².